The number of amides is 1. The van der Waals surface area contributed by atoms with Crippen LogP contribution in [-0.2, 0) is 0 Å². The van der Waals surface area contributed by atoms with Crippen LogP contribution in [0.2, 0.25) is 0 Å². The van der Waals surface area contributed by atoms with Crippen molar-refractivity contribution >= 4 is 18.3 Å². The lowest BCUT2D eigenvalue weighted by atomic mass is 9.94. The highest BCUT2D eigenvalue weighted by Crippen LogP contribution is 2.37. The van der Waals surface area contributed by atoms with Crippen molar-refractivity contribution in [3.8, 4) is 22.3 Å². The maximum Gasteiger partial charge on any atom is 0.251 e. The molecule has 0 spiro atoms. The molecule has 0 atom stereocenters. The summed E-state index contributed by atoms with van der Waals surface area (Å²) in [5, 5.41) is 2.62. The van der Waals surface area contributed by atoms with Crippen molar-refractivity contribution < 1.29 is 4.79 Å². The zero-order chi connectivity index (χ0) is 24.5. The van der Waals surface area contributed by atoms with Gasteiger partial charge in [-0.2, -0.15) is 0 Å². The molecular weight excluding hydrogens is 396 g/mol. The molecule has 0 unspecified atom stereocenters. The van der Waals surface area contributed by atoms with Crippen molar-refractivity contribution in [2.75, 3.05) is 14.1 Å². The molecule has 0 saturated carbocycles. The maximum absolute atomic E-state index is 11.9. The molecule has 0 fully saturated rings. The second kappa shape index (κ2) is 16.2. The molecule has 2 aromatic carbocycles. The fourth-order valence-electron chi connectivity index (χ4n) is 2.85. The van der Waals surface area contributed by atoms with E-state index in [-0.39, 0.29) is 5.91 Å². The van der Waals surface area contributed by atoms with Gasteiger partial charge in [-0.25, -0.2) is 0 Å². The second-order valence-corrected chi connectivity index (χ2v) is 6.47. The summed E-state index contributed by atoms with van der Waals surface area (Å²) in [6.45, 7) is 16.0. The minimum atomic E-state index is -0.151. The summed E-state index contributed by atoms with van der Waals surface area (Å²) in [5.74, 6) is -0.151. The monoisotopic (exact) mass is 432 g/mol. The van der Waals surface area contributed by atoms with Crippen molar-refractivity contribution in [2.45, 2.75) is 27.2 Å². The molecule has 170 valence electrons. The highest BCUT2D eigenvalue weighted by Gasteiger charge is 2.13. The van der Waals surface area contributed by atoms with E-state index in [2.05, 4.69) is 79.9 Å². The number of aromatic nitrogens is 1. The number of nitrogens with one attached hydrogen (secondary N) is 1. The van der Waals surface area contributed by atoms with Gasteiger partial charge in [0.2, 0.25) is 0 Å². The number of benzene rings is 2. The predicted molar refractivity (Wildman–Crippen MR) is 140 cm³/mol. The summed E-state index contributed by atoms with van der Waals surface area (Å²) >= 11 is 0. The van der Waals surface area contributed by atoms with Gasteiger partial charge in [-0.15, -0.1) is 13.2 Å². The lowest BCUT2D eigenvalue weighted by Crippen LogP contribution is -2.17. The lowest BCUT2D eigenvalue weighted by Gasteiger charge is -2.13. The SMILES string of the molecule is C=C.C=Nc1cc(C(=O)NC)ccc1-c1cnccc1-c1cccc(C)c1.CCC.CN. The van der Waals surface area contributed by atoms with Gasteiger partial charge in [0, 0.05) is 36.1 Å². The normalized spacial score (nSPS) is 8.94. The van der Waals surface area contributed by atoms with Crippen LogP contribution >= 0.6 is 0 Å². The van der Waals surface area contributed by atoms with E-state index < -0.39 is 0 Å². The molecule has 0 saturated heterocycles. The number of rotatable bonds is 4. The van der Waals surface area contributed by atoms with Crippen molar-refractivity contribution in [2.24, 2.45) is 10.7 Å². The van der Waals surface area contributed by atoms with Crippen LogP contribution in [0.3, 0.4) is 0 Å². The first-order valence-electron chi connectivity index (χ1n) is 10.5. The Labute approximate surface area is 193 Å². The van der Waals surface area contributed by atoms with Crippen LogP contribution in [0.25, 0.3) is 22.3 Å². The number of carbonyl (C=O) groups is 1. The lowest BCUT2D eigenvalue weighted by molar-refractivity contribution is 0.0963. The summed E-state index contributed by atoms with van der Waals surface area (Å²) < 4.78 is 0. The van der Waals surface area contributed by atoms with E-state index in [1.807, 2.05) is 24.4 Å². The molecule has 1 aromatic heterocycles. The quantitative estimate of drug-likeness (QED) is 0.380. The fraction of sp³-hybridized carbons (Fsp3) is 0.222. The highest BCUT2D eigenvalue weighted by atomic mass is 16.1. The summed E-state index contributed by atoms with van der Waals surface area (Å²) in [4.78, 5) is 20.3. The van der Waals surface area contributed by atoms with E-state index >= 15 is 0 Å². The van der Waals surface area contributed by atoms with Crippen LogP contribution in [0.15, 0.2) is 79.1 Å². The van der Waals surface area contributed by atoms with E-state index in [0.29, 0.717) is 11.3 Å². The number of nitrogens with zero attached hydrogens (tertiary/aromatic N) is 2. The van der Waals surface area contributed by atoms with Gasteiger partial charge in [-0.05, 0) is 50.0 Å². The molecular formula is C27H36N4O. The third-order valence-corrected chi connectivity index (χ3v) is 4.10. The van der Waals surface area contributed by atoms with Crippen molar-refractivity contribution in [3.05, 3.63) is 85.2 Å². The first kappa shape index (κ1) is 28.4. The zero-order valence-electron chi connectivity index (χ0n) is 20.0. The molecule has 1 amide bonds. The van der Waals surface area contributed by atoms with Gasteiger partial charge in [0.15, 0.2) is 0 Å². The Bertz CT molecular complexity index is 983. The molecule has 5 nitrogen and oxygen atoms in total. The summed E-state index contributed by atoms with van der Waals surface area (Å²) in [6.07, 6.45) is 4.85. The van der Waals surface area contributed by atoms with Crippen LogP contribution < -0.4 is 11.1 Å². The maximum atomic E-state index is 11.9. The van der Waals surface area contributed by atoms with E-state index in [0.717, 1.165) is 22.3 Å². The van der Waals surface area contributed by atoms with Gasteiger partial charge in [0.05, 0.1) is 5.69 Å². The van der Waals surface area contributed by atoms with Crippen molar-refractivity contribution in [1.82, 2.24) is 10.3 Å². The molecule has 0 aliphatic heterocycles. The molecule has 32 heavy (non-hydrogen) atoms. The molecule has 5 heteroatoms. The molecule has 0 aliphatic rings. The Kier molecular flexibility index (Phi) is 14.4. The zero-order valence-corrected chi connectivity index (χ0v) is 20.0. The van der Waals surface area contributed by atoms with Gasteiger partial charge < -0.3 is 11.1 Å². The van der Waals surface area contributed by atoms with Crippen molar-refractivity contribution in [1.29, 1.82) is 0 Å². The molecule has 3 N–H and O–H groups in total. The minimum absolute atomic E-state index is 0.151. The molecule has 3 aromatic rings. The number of nitrogens with two attached hydrogens (primary N) is 1. The van der Waals surface area contributed by atoms with E-state index in [1.54, 1.807) is 25.4 Å². The standard InChI is InChI=1S/C21H19N3O.C3H8.C2H4.CH5N/c1-14-5-4-6-15(11-14)17-9-10-24-13-19(17)18-8-7-16(21(25)23-3)12-20(18)22-2;1-3-2;2*1-2/h4-13H,2H2,1,3H3,(H,23,25);3H2,1-2H3;1-2H2;2H2,1H3. The number of hydrogen-bond acceptors (Lipinski definition) is 4. The second-order valence-electron chi connectivity index (χ2n) is 6.47. The van der Waals surface area contributed by atoms with Crippen LogP contribution in [0.1, 0.15) is 36.2 Å². The van der Waals surface area contributed by atoms with Crippen LogP contribution in [0.4, 0.5) is 5.69 Å². The third-order valence-electron chi connectivity index (χ3n) is 4.10. The Morgan fingerprint density at radius 3 is 2.25 bits per heavy atom. The smallest absolute Gasteiger partial charge is 0.251 e. The van der Waals surface area contributed by atoms with Gasteiger partial charge in [0.1, 0.15) is 0 Å². The average Bonchev–Trinajstić information content (AvgIpc) is 2.86. The summed E-state index contributed by atoms with van der Waals surface area (Å²) in [7, 11) is 3.11. The molecule has 0 radical (unpaired) electrons. The number of aryl methyl sites for hydroxylation is 1. The highest BCUT2D eigenvalue weighted by molar-refractivity contribution is 5.97. The average molecular weight is 433 g/mol. The van der Waals surface area contributed by atoms with E-state index in [1.165, 1.54) is 19.0 Å². The predicted octanol–water partition coefficient (Wildman–Crippen LogP) is 6.21. The first-order chi connectivity index (χ1) is 15.5. The topological polar surface area (TPSA) is 80.4 Å². The number of aliphatic imine (C=N–C) groups is 1. The van der Waals surface area contributed by atoms with Crippen LogP contribution in [0, 0.1) is 6.92 Å². The van der Waals surface area contributed by atoms with Gasteiger partial charge in [-0.3, -0.25) is 14.8 Å². The summed E-state index contributed by atoms with van der Waals surface area (Å²) in [5.41, 5.74) is 10.9. The largest absolute Gasteiger partial charge is 0.355 e. The van der Waals surface area contributed by atoms with Gasteiger partial charge in [0.25, 0.3) is 5.91 Å². The van der Waals surface area contributed by atoms with Gasteiger partial charge >= 0.3 is 0 Å². The molecule has 0 bridgehead atoms. The number of hydrogen-bond donors (Lipinski definition) is 2. The first-order valence-corrected chi connectivity index (χ1v) is 10.5. The minimum Gasteiger partial charge on any atom is -0.355 e. The molecule has 3 rings (SSSR count). The molecule has 0 aliphatic carbocycles. The number of pyridine rings is 1. The van der Waals surface area contributed by atoms with Gasteiger partial charge in [-0.1, -0.05) is 56.2 Å². The Morgan fingerprint density at radius 2 is 1.69 bits per heavy atom. The van der Waals surface area contributed by atoms with Crippen molar-refractivity contribution in [3.63, 3.8) is 0 Å². The Hall–Kier alpha value is -3.57. The molecule has 1 heterocycles. The Morgan fingerprint density at radius 1 is 1.03 bits per heavy atom. The van der Waals surface area contributed by atoms with Crippen LogP contribution in [-0.4, -0.2) is 31.7 Å². The Balaban J connectivity index is 0.00000124. The van der Waals surface area contributed by atoms with E-state index in [9.17, 15) is 4.79 Å². The fourth-order valence-corrected chi connectivity index (χ4v) is 2.85. The van der Waals surface area contributed by atoms with Crippen LogP contribution in [0.5, 0.6) is 0 Å². The number of carbonyl (C=O) groups excluding carboxylic acids is 1. The summed E-state index contributed by atoms with van der Waals surface area (Å²) in [6, 6.07) is 15.7. The van der Waals surface area contributed by atoms with E-state index in [4.69, 9.17) is 0 Å². The third kappa shape index (κ3) is 7.93.